The summed E-state index contributed by atoms with van der Waals surface area (Å²) in [6.45, 7) is 3.31. The van der Waals surface area contributed by atoms with E-state index < -0.39 is 0 Å². The third kappa shape index (κ3) is 2.49. The number of benzene rings is 1. The molecule has 1 fully saturated rings. The molecule has 0 bridgehead atoms. The first-order chi connectivity index (χ1) is 6.31. The minimum Gasteiger partial charge on any atom is -0.319 e. The quantitative estimate of drug-likeness (QED) is 0.811. The highest BCUT2D eigenvalue weighted by Crippen LogP contribution is 2.46. The molecule has 0 aromatic heterocycles. The van der Waals surface area contributed by atoms with Gasteiger partial charge in [-0.3, -0.25) is 0 Å². The van der Waals surface area contributed by atoms with Crippen LogP contribution in [0.4, 0.5) is 0 Å². The van der Waals surface area contributed by atoms with E-state index in [4.69, 9.17) is 0 Å². The van der Waals surface area contributed by atoms with Crippen molar-refractivity contribution < 1.29 is 0 Å². The summed E-state index contributed by atoms with van der Waals surface area (Å²) >= 11 is 0. The van der Waals surface area contributed by atoms with Crippen molar-refractivity contribution in [2.75, 3.05) is 13.6 Å². The fourth-order valence-corrected chi connectivity index (χ4v) is 1.96. The second kappa shape index (κ2) is 4.81. The summed E-state index contributed by atoms with van der Waals surface area (Å²) in [6.07, 6.45) is 1.36. The van der Waals surface area contributed by atoms with Crippen molar-refractivity contribution in [1.82, 2.24) is 5.32 Å². The molecule has 2 atom stereocenters. The number of hydrogen-bond donors (Lipinski definition) is 1. The maximum Gasteiger partial charge on any atom is -0.00175 e. The fraction of sp³-hybridized carbons (Fsp3) is 0.500. The van der Waals surface area contributed by atoms with Crippen LogP contribution in [-0.2, 0) is 0 Å². The summed E-state index contributed by atoms with van der Waals surface area (Å²) in [7, 11) is 2.03. The second-order valence-electron chi connectivity index (χ2n) is 4.07. The Morgan fingerprint density at radius 3 is 2.50 bits per heavy atom. The van der Waals surface area contributed by atoms with Crippen molar-refractivity contribution >= 4 is 12.4 Å². The highest BCUT2D eigenvalue weighted by molar-refractivity contribution is 5.85. The summed E-state index contributed by atoms with van der Waals surface area (Å²) in [4.78, 5) is 0. The molecule has 1 saturated carbocycles. The summed E-state index contributed by atoms with van der Waals surface area (Å²) in [5.74, 6) is 1.71. The molecule has 1 aromatic rings. The van der Waals surface area contributed by atoms with E-state index in [-0.39, 0.29) is 12.4 Å². The third-order valence-corrected chi connectivity index (χ3v) is 2.89. The van der Waals surface area contributed by atoms with Crippen LogP contribution >= 0.6 is 12.4 Å². The minimum atomic E-state index is 0. The van der Waals surface area contributed by atoms with Crippen LogP contribution < -0.4 is 5.32 Å². The maximum atomic E-state index is 3.24. The fourth-order valence-electron chi connectivity index (χ4n) is 1.96. The average Bonchev–Trinajstić information content (AvgIpc) is 2.86. The van der Waals surface area contributed by atoms with Crippen LogP contribution in [0.3, 0.4) is 0 Å². The van der Waals surface area contributed by atoms with E-state index in [1.54, 1.807) is 0 Å². The van der Waals surface area contributed by atoms with Crippen LogP contribution in [0.1, 0.15) is 23.5 Å². The third-order valence-electron chi connectivity index (χ3n) is 2.89. The standard InChI is InChI=1S/C12H17N.ClH/c1-9-3-5-10(6-4-9)12-7-11(12)8-13-2;/h3-6,11-13H,7-8H2,1-2H3;1H/t11-,12-;/m0./s1. The lowest BCUT2D eigenvalue weighted by Gasteiger charge is -2.00. The molecule has 78 valence electrons. The number of nitrogens with one attached hydrogen (secondary N) is 1. The van der Waals surface area contributed by atoms with Gasteiger partial charge in [-0.1, -0.05) is 29.8 Å². The normalized spacial score (nSPS) is 24.1. The van der Waals surface area contributed by atoms with Gasteiger partial charge in [-0.15, -0.1) is 12.4 Å². The number of hydrogen-bond acceptors (Lipinski definition) is 1. The van der Waals surface area contributed by atoms with Gasteiger partial charge in [-0.2, -0.15) is 0 Å². The molecule has 1 N–H and O–H groups in total. The molecule has 0 unspecified atom stereocenters. The van der Waals surface area contributed by atoms with E-state index in [9.17, 15) is 0 Å². The van der Waals surface area contributed by atoms with Gasteiger partial charge in [0, 0.05) is 0 Å². The van der Waals surface area contributed by atoms with E-state index in [1.807, 2.05) is 7.05 Å². The molecule has 2 heteroatoms. The highest BCUT2D eigenvalue weighted by atomic mass is 35.5. The van der Waals surface area contributed by atoms with Crippen LogP contribution in [0.25, 0.3) is 0 Å². The molecule has 2 rings (SSSR count). The van der Waals surface area contributed by atoms with Crippen molar-refractivity contribution in [2.24, 2.45) is 5.92 Å². The Labute approximate surface area is 92.3 Å². The number of aryl methyl sites for hydroxylation is 1. The summed E-state index contributed by atoms with van der Waals surface area (Å²) in [5.41, 5.74) is 2.88. The summed E-state index contributed by atoms with van der Waals surface area (Å²) < 4.78 is 0. The number of rotatable bonds is 3. The van der Waals surface area contributed by atoms with Crippen LogP contribution in [-0.4, -0.2) is 13.6 Å². The van der Waals surface area contributed by atoms with E-state index in [0.717, 1.165) is 11.8 Å². The Kier molecular flexibility index (Phi) is 3.97. The zero-order chi connectivity index (χ0) is 9.26. The van der Waals surface area contributed by atoms with Gasteiger partial charge in [-0.25, -0.2) is 0 Å². The van der Waals surface area contributed by atoms with Gasteiger partial charge < -0.3 is 5.32 Å². The van der Waals surface area contributed by atoms with Gasteiger partial charge in [0.15, 0.2) is 0 Å². The zero-order valence-corrected chi connectivity index (χ0v) is 9.60. The molecule has 1 nitrogen and oxygen atoms in total. The molecule has 0 amide bonds. The van der Waals surface area contributed by atoms with Gasteiger partial charge in [0.2, 0.25) is 0 Å². The molecule has 14 heavy (non-hydrogen) atoms. The Morgan fingerprint density at radius 2 is 1.93 bits per heavy atom. The molecule has 0 heterocycles. The van der Waals surface area contributed by atoms with Crippen LogP contribution in [0.15, 0.2) is 24.3 Å². The van der Waals surface area contributed by atoms with E-state index in [2.05, 4.69) is 36.5 Å². The number of halogens is 1. The van der Waals surface area contributed by atoms with E-state index in [0.29, 0.717) is 0 Å². The lowest BCUT2D eigenvalue weighted by molar-refractivity contribution is 0.698. The van der Waals surface area contributed by atoms with E-state index >= 15 is 0 Å². The molecule has 0 saturated heterocycles. The summed E-state index contributed by atoms with van der Waals surface area (Å²) in [6, 6.07) is 8.97. The van der Waals surface area contributed by atoms with Crippen molar-refractivity contribution in [3.05, 3.63) is 35.4 Å². The predicted molar refractivity (Wildman–Crippen MR) is 63.2 cm³/mol. The molecule has 1 aliphatic rings. The van der Waals surface area contributed by atoms with Crippen molar-refractivity contribution in [3.8, 4) is 0 Å². The lowest BCUT2D eigenvalue weighted by Crippen LogP contribution is -2.10. The van der Waals surface area contributed by atoms with Crippen molar-refractivity contribution in [3.63, 3.8) is 0 Å². The monoisotopic (exact) mass is 211 g/mol. The molecule has 1 aliphatic carbocycles. The van der Waals surface area contributed by atoms with Gasteiger partial charge in [0.25, 0.3) is 0 Å². The first-order valence-corrected chi connectivity index (χ1v) is 5.02. The molecule has 0 radical (unpaired) electrons. The first-order valence-electron chi connectivity index (χ1n) is 5.02. The maximum absolute atomic E-state index is 3.24. The lowest BCUT2D eigenvalue weighted by atomic mass is 10.1. The first kappa shape index (κ1) is 11.5. The van der Waals surface area contributed by atoms with Crippen molar-refractivity contribution in [1.29, 1.82) is 0 Å². The SMILES string of the molecule is CNC[C@@H]1C[C@H]1c1ccc(C)cc1.Cl. The minimum absolute atomic E-state index is 0. The topological polar surface area (TPSA) is 12.0 Å². The van der Waals surface area contributed by atoms with Gasteiger partial charge in [0.05, 0.1) is 0 Å². The summed E-state index contributed by atoms with van der Waals surface area (Å²) in [5, 5.41) is 3.24. The second-order valence-corrected chi connectivity index (χ2v) is 4.07. The predicted octanol–water partition coefficient (Wildman–Crippen LogP) is 2.74. The molecule has 1 aromatic carbocycles. The Hall–Kier alpha value is -0.530. The van der Waals surface area contributed by atoms with Gasteiger partial charge >= 0.3 is 0 Å². The molecular weight excluding hydrogens is 194 g/mol. The average molecular weight is 212 g/mol. The van der Waals surface area contributed by atoms with Crippen LogP contribution in [0.2, 0.25) is 0 Å². The molecule has 0 spiro atoms. The highest BCUT2D eigenvalue weighted by Gasteiger charge is 2.37. The molecular formula is C12H18ClN. The van der Waals surface area contributed by atoms with Gasteiger partial charge in [-0.05, 0) is 44.3 Å². The zero-order valence-electron chi connectivity index (χ0n) is 8.79. The molecule has 0 aliphatic heterocycles. The van der Waals surface area contributed by atoms with E-state index in [1.165, 1.54) is 24.1 Å². The Bertz CT molecular complexity index is 281. The largest absolute Gasteiger partial charge is 0.319 e. The van der Waals surface area contributed by atoms with Gasteiger partial charge in [0.1, 0.15) is 0 Å². The van der Waals surface area contributed by atoms with Crippen molar-refractivity contribution in [2.45, 2.75) is 19.3 Å². The smallest absolute Gasteiger partial charge is 0.00175 e. The van der Waals surface area contributed by atoms with Crippen LogP contribution in [0, 0.1) is 12.8 Å². The Morgan fingerprint density at radius 1 is 1.29 bits per heavy atom. The Balaban J connectivity index is 0.000000980. The van der Waals surface area contributed by atoms with Crippen LogP contribution in [0.5, 0.6) is 0 Å².